The average Bonchev–Trinajstić information content (AvgIpc) is 2.38. The summed E-state index contributed by atoms with van der Waals surface area (Å²) in [5, 5.41) is 13.9. The van der Waals surface area contributed by atoms with E-state index in [0.717, 1.165) is 38.0 Å². The van der Waals surface area contributed by atoms with E-state index < -0.39 is 0 Å². The van der Waals surface area contributed by atoms with Gasteiger partial charge >= 0.3 is 0 Å². The zero-order valence-corrected chi connectivity index (χ0v) is 10.7. The number of nitro groups is 1. The van der Waals surface area contributed by atoms with Gasteiger partial charge < -0.3 is 10.1 Å². The van der Waals surface area contributed by atoms with Crippen LogP contribution in [-0.2, 0) is 11.3 Å². The molecule has 0 aliphatic heterocycles. The molecule has 18 heavy (non-hydrogen) atoms. The van der Waals surface area contributed by atoms with E-state index in [1.54, 1.807) is 19.2 Å². The van der Waals surface area contributed by atoms with E-state index in [0.29, 0.717) is 6.54 Å². The first-order valence-corrected chi connectivity index (χ1v) is 6.17. The molecule has 0 unspecified atom stereocenters. The van der Waals surface area contributed by atoms with Crippen LogP contribution < -0.4 is 5.32 Å². The van der Waals surface area contributed by atoms with Crippen LogP contribution >= 0.6 is 0 Å². The Balaban J connectivity index is 2.19. The van der Waals surface area contributed by atoms with E-state index >= 15 is 0 Å². The van der Waals surface area contributed by atoms with E-state index in [2.05, 4.69) is 5.32 Å². The molecule has 0 spiro atoms. The third kappa shape index (κ3) is 5.75. The molecular weight excluding hydrogens is 232 g/mol. The molecular formula is C13H20N2O3. The Kier molecular flexibility index (Phi) is 6.98. The molecule has 1 aromatic carbocycles. The first-order valence-electron chi connectivity index (χ1n) is 6.17. The lowest BCUT2D eigenvalue weighted by molar-refractivity contribution is -0.384. The molecule has 1 aromatic rings. The van der Waals surface area contributed by atoms with E-state index in [9.17, 15) is 10.1 Å². The van der Waals surface area contributed by atoms with Gasteiger partial charge in [-0.15, -0.1) is 0 Å². The first-order chi connectivity index (χ1) is 8.74. The molecule has 0 aliphatic carbocycles. The summed E-state index contributed by atoms with van der Waals surface area (Å²) < 4.78 is 4.97. The van der Waals surface area contributed by atoms with E-state index in [1.807, 2.05) is 6.07 Å². The Hall–Kier alpha value is -1.46. The van der Waals surface area contributed by atoms with Gasteiger partial charge in [0.1, 0.15) is 0 Å². The molecule has 0 saturated heterocycles. The number of nitro benzene ring substituents is 1. The maximum absolute atomic E-state index is 10.6. The van der Waals surface area contributed by atoms with E-state index in [-0.39, 0.29) is 10.6 Å². The van der Waals surface area contributed by atoms with Crippen LogP contribution in [0.3, 0.4) is 0 Å². The highest BCUT2D eigenvalue weighted by atomic mass is 16.6. The number of rotatable bonds is 9. The molecule has 0 saturated carbocycles. The number of benzene rings is 1. The van der Waals surface area contributed by atoms with Crippen LogP contribution in [0, 0.1) is 10.1 Å². The lowest BCUT2D eigenvalue weighted by Crippen LogP contribution is -2.14. The molecule has 0 heterocycles. The van der Waals surface area contributed by atoms with Crippen molar-refractivity contribution in [3.05, 3.63) is 39.9 Å². The monoisotopic (exact) mass is 252 g/mol. The average molecular weight is 252 g/mol. The summed E-state index contributed by atoms with van der Waals surface area (Å²) in [6.07, 6.45) is 3.31. The van der Waals surface area contributed by atoms with Crippen LogP contribution in [0.2, 0.25) is 0 Å². The Morgan fingerprint density at radius 2 is 2.17 bits per heavy atom. The van der Waals surface area contributed by atoms with Crippen molar-refractivity contribution in [1.29, 1.82) is 0 Å². The molecule has 1 rings (SSSR count). The summed E-state index contributed by atoms with van der Waals surface area (Å²) in [6.45, 7) is 2.41. The van der Waals surface area contributed by atoms with Crippen molar-refractivity contribution in [3.63, 3.8) is 0 Å². The van der Waals surface area contributed by atoms with Gasteiger partial charge in [-0.3, -0.25) is 10.1 Å². The van der Waals surface area contributed by atoms with Crippen molar-refractivity contribution in [2.24, 2.45) is 0 Å². The Morgan fingerprint density at radius 3 is 2.89 bits per heavy atom. The molecule has 0 amide bonds. The smallest absolute Gasteiger partial charge is 0.269 e. The SMILES string of the molecule is COCCCCCNCc1cccc([N+](=O)[O-])c1. The van der Waals surface area contributed by atoms with Gasteiger partial charge in [0.15, 0.2) is 0 Å². The van der Waals surface area contributed by atoms with Crippen molar-refractivity contribution in [2.75, 3.05) is 20.3 Å². The maximum Gasteiger partial charge on any atom is 0.269 e. The van der Waals surface area contributed by atoms with Crippen LogP contribution in [0.15, 0.2) is 24.3 Å². The van der Waals surface area contributed by atoms with Crippen LogP contribution in [0.5, 0.6) is 0 Å². The van der Waals surface area contributed by atoms with Gasteiger partial charge in [-0.1, -0.05) is 12.1 Å². The molecule has 5 heteroatoms. The summed E-state index contributed by atoms with van der Waals surface area (Å²) in [5.74, 6) is 0. The number of ether oxygens (including phenoxy) is 1. The standard InChI is InChI=1S/C13H20N2O3/c1-18-9-4-2-3-8-14-11-12-6-5-7-13(10-12)15(16)17/h5-7,10,14H,2-4,8-9,11H2,1H3. The van der Waals surface area contributed by atoms with Crippen molar-refractivity contribution < 1.29 is 9.66 Å². The Bertz CT molecular complexity index is 369. The first kappa shape index (κ1) is 14.6. The fourth-order valence-electron chi connectivity index (χ4n) is 1.69. The molecule has 0 aromatic heterocycles. The van der Waals surface area contributed by atoms with Gasteiger partial charge in [0.2, 0.25) is 0 Å². The highest BCUT2D eigenvalue weighted by Gasteiger charge is 2.04. The predicted molar refractivity (Wildman–Crippen MR) is 70.5 cm³/mol. The molecule has 1 N–H and O–H groups in total. The van der Waals surface area contributed by atoms with Gasteiger partial charge in [-0.2, -0.15) is 0 Å². The molecule has 5 nitrogen and oxygen atoms in total. The second-order valence-electron chi connectivity index (χ2n) is 4.16. The lowest BCUT2D eigenvalue weighted by Gasteiger charge is -2.04. The summed E-state index contributed by atoms with van der Waals surface area (Å²) >= 11 is 0. The molecule has 0 bridgehead atoms. The number of unbranched alkanes of at least 4 members (excludes halogenated alkanes) is 2. The number of non-ortho nitro benzene ring substituents is 1. The maximum atomic E-state index is 10.6. The summed E-state index contributed by atoms with van der Waals surface area (Å²) in [7, 11) is 1.71. The van der Waals surface area contributed by atoms with Crippen LogP contribution in [0.1, 0.15) is 24.8 Å². The van der Waals surface area contributed by atoms with Crippen molar-refractivity contribution in [1.82, 2.24) is 5.32 Å². The van der Waals surface area contributed by atoms with Gasteiger partial charge in [0.05, 0.1) is 4.92 Å². The van der Waals surface area contributed by atoms with Crippen molar-refractivity contribution in [2.45, 2.75) is 25.8 Å². The number of nitrogens with zero attached hydrogens (tertiary/aromatic N) is 1. The highest BCUT2D eigenvalue weighted by Crippen LogP contribution is 2.12. The fraction of sp³-hybridized carbons (Fsp3) is 0.538. The van der Waals surface area contributed by atoms with Crippen LogP contribution in [-0.4, -0.2) is 25.2 Å². The number of hydrogen-bond donors (Lipinski definition) is 1. The van der Waals surface area contributed by atoms with E-state index in [4.69, 9.17) is 4.74 Å². The topological polar surface area (TPSA) is 64.4 Å². The quantitative estimate of drug-likeness (QED) is 0.416. The zero-order chi connectivity index (χ0) is 13.2. The summed E-state index contributed by atoms with van der Waals surface area (Å²) in [4.78, 5) is 10.2. The van der Waals surface area contributed by atoms with Crippen molar-refractivity contribution in [3.8, 4) is 0 Å². The molecule has 0 fully saturated rings. The van der Waals surface area contributed by atoms with Gasteiger partial charge in [-0.05, 0) is 31.4 Å². The van der Waals surface area contributed by atoms with Gasteiger partial charge in [0.25, 0.3) is 5.69 Å². The molecule has 0 radical (unpaired) electrons. The number of methoxy groups -OCH3 is 1. The zero-order valence-electron chi connectivity index (χ0n) is 10.7. The second-order valence-corrected chi connectivity index (χ2v) is 4.16. The van der Waals surface area contributed by atoms with Crippen molar-refractivity contribution >= 4 is 5.69 Å². The second kappa shape index (κ2) is 8.60. The predicted octanol–water partition coefficient (Wildman–Crippen LogP) is 2.50. The molecule has 0 atom stereocenters. The Morgan fingerprint density at radius 1 is 1.33 bits per heavy atom. The molecule has 0 aliphatic rings. The lowest BCUT2D eigenvalue weighted by atomic mass is 10.2. The third-order valence-electron chi connectivity index (χ3n) is 2.65. The minimum absolute atomic E-state index is 0.148. The fourth-order valence-corrected chi connectivity index (χ4v) is 1.69. The van der Waals surface area contributed by atoms with Gasteiger partial charge in [-0.25, -0.2) is 0 Å². The normalized spacial score (nSPS) is 10.5. The van der Waals surface area contributed by atoms with Crippen LogP contribution in [0.4, 0.5) is 5.69 Å². The number of nitrogens with one attached hydrogen (secondary N) is 1. The number of hydrogen-bond acceptors (Lipinski definition) is 4. The minimum Gasteiger partial charge on any atom is -0.385 e. The van der Waals surface area contributed by atoms with Crippen LogP contribution in [0.25, 0.3) is 0 Å². The highest BCUT2D eigenvalue weighted by molar-refractivity contribution is 5.34. The minimum atomic E-state index is -0.367. The third-order valence-corrected chi connectivity index (χ3v) is 2.65. The summed E-state index contributed by atoms with van der Waals surface area (Å²) in [5.41, 5.74) is 1.09. The largest absolute Gasteiger partial charge is 0.385 e. The van der Waals surface area contributed by atoms with Gasteiger partial charge in [0, 0.05) is 32.4 Å². The Labute approximate surface area is 107 Å². The van der Waals surface area contributed by atoms with E-state index in [1.165, 1.54) is 6.07 Å². The molecule has 100 valence electrons. The summed E-state index contributed by atoms with van der Waals surface area (Å²) in [6, 6.07) is 6.73.